The van der Waals surface area contributed by atoms with Crippen molar-refractivity contribution in [1.82, 2.24) is 4.98 Å². The fourth-order valence-electron chi connectivity index (χ4n) is 1.50. The zero-order chi connectivity index (χ0) is 13.7. The number of amides is 1. The molecule has 0 fully saturated rings. The van der Waals surface area contributed by atoms with Crippen molar-refractivity contribution in [3.05, 3.63) is 48.2 Å². The van der Waals surface area contributed by atoms with Gasteiger partial charge in [0.15, 0.2) is 0 Å². The second kappa shape index (κ2) is 5.86. The summed E-state index contributed by atoms with van der Waals surface area (Å²) in [6.45, 7) is 2.04. The van der Waals surface area contributed by atoms with Crippen LogP contribution in [-0.4, -0.2) is 18.2 Å². The molecule has 0 aliphatic heterocycles. The minimum atomic E-state index is -0.535. The van der Waals surface area contributed by atoms with E-state index in [0.29, 0.717) is 5.82 Å². The molecule has 5 heteroatoms. The van der Waals surface area contributed by atoms with Crippen molar-refractivity contribution in [3.63, 3.8) is 0 Å². The second-order valence-corrected chi connectivity index (χ2v) is 4.04. The Labute approximate surface area is 111 Å². The number of nitrogens with one attached hydrogen (secondary N) is 2. The molecule has 0 saturated carbocycles. The maximum Gasteiger partial charge on any atom is 0.412 e. The Kier molecular flexibility index (Phi) is 3.97. The molecule has 0 radical (unpaired) electrons. The van der Waals surface area contributed by atoms with Gasteiger partial charge < -0.3 is 10.1 Å². The van der Waals surface area contributed by atoms with E-state index in [1.807, 2.05) is 37.3 Å². The van der Waals surface area contributed by atoms with Crippen LogP contribution in [0.25, 0.3) is 0 Å². The summed E-state index contributed by atoms with van der Waals surface area (Å²) in [5.41, 5.74) is 3.04. The monoisotopic (exact) mass is 257 g/mol. The van der Waals surface area contributed by atoms with Crippen molar-refractivity contribution < 1.29 is 9.53 Å². The van der Waals surface area contributed by atoms with E-state index in [9.17, 15) is 4.79 Å². The predicted molar refractivity (Wildman–Crippen MR) is 74.7 cm³/mol. The number of hydrogen-bond acceptors (Lipinski definition) is 4. The highest BCUT2D eigenvalue weighted by Crippen LogP contribution is 2.17. The number of benzene rings is 1. The molecule has 98 valence electrons. The summed E-state index contributed by atoms with van der Waals surface area (Å²) in [7, 11) is 1.31. The Morgan fingerprint density at radius 3 is 2.37 bits per heavy atom. The third kappa shape index (κ3) is 3.70. The van der Waals surface area contributed by atoms with Gasteiger partial charge in [0.2, 0.25) is 0 Å². The number of carbonyl (C=O) groups excluding carboxylic acids is 1. The minimum Gasteiger partial charge on any atom is -0.453 e. The Bertz CT molecular complexity index is 550. The maximum absolute atomic E-state index is 11.0. The van der Waals surface area contributed by atoms with Gasteiger partial charge in [-0.1, -0.05) is 17.7 Å². The number of hydrogen-bond donors (Lipinski definition) is 2. The van der Waals surface area contributed by atoms with Crippen molar-refractivity contribution in [2.45, 2.75) is 6.92 Å². The van der Waals surface area contributed by atoms with E-state index >= 15 is 0 Å². The number of anilines is 3. The molecule has 5 nitrogen and oxygen atoms in total. The summed E-state index contributed by atoms with van der Waals surface area (Å²) < 4.78 is 4.49. The highest BCUT2D eigenvalue weighted by Gasteiger charge is 2.01. The van der Waals surface area contributed by atoms with Gasteiger partial charge in [0.1, 0.15) is 5.82 Å². The van der Waals surface area contributed by atoms with Crippen molar-refractivity contribution in [2.75, 3.05) is 17.7 Å². The molecular formula is C14H15N3O2. The predicted octanol–water partition coefficient (Wildman–Crippen LogP) is 3.31. The quantitative estimate of drug-likeness (QED) is 0.885. The molecule has 0 aliphatic carbocycles. The van der Waals surface area contributed by atoms with E-state index in [4.69, 9.17) is 0 Å². The molecular weight excluding hydrogens is 242 g/mol. The van der Waals surface area contributed by atoms with Crippen LogP contribution in [0.15, 0.2) is 42.6 Å². The first-order valence-electron chi connectivity index (χ1n) is 5.82. The molecule has 2 rings (SSSR count). The minimum absolute atomic E-state index is 0.446. The summed E-state index contributed by atoms with van der Waals surface area (Å²) >= 11 is 0. The lowest BCUT2D eigenvalue weighted by Crippen LogP contribution is -2.11. The topological polar surface area (TPSA) is 63.2 Å². The van der Waals surface area contributed by atoms with E-state index in [1.165, 1.54) is 12.7 Å². The fraction of sp³-hybridized carbons (Fsp3) is 0.143. The van der Waals surface area contributed by atoms with Gasteiger partial charge in [0.25, 0.3) is 0 Å². The molecule has 0 saturated heterocycles. The first-order chi connectivity index (χ1) is 9.17. The third-order valence-corrected chi connectivity index (χ3v) is 2.52. The van der Waals surface area contributed by atoms with Crippen LogP contribution in [-0.2, 0) is 4.74 Å². The van der Waals surface area contributed by atoms with Crippen LogP contribution < -0.4 is 10.6 Å². The summed E-state index contributed by atoms with van der Waals surface area (Å²) in [5.74, 6) is 0.446. The number of nitrogens with zero attached hydrogens (tertiary/aromatic N) is 1. The fourth-order valence-corrected chi connectivity index (χ4v) is 1.50. The lowest BCUT2D eigenvalue weighted by atomic mass is 10.2. The molecule has 0 unspecified atom stereocenters. The SMILES string of the molecule is COC(=O)Nc1ccc(Nc2ccc(C)cc2)cn1. The zero-order valence-corrected chi connectivity index (χ0v) is 10.8. The van der Waals surface area contributed by atoms with Crippen LogP contribution in [0.4, 0.5) is 22.0 Å². The zero-order valence-electron chi connectivity index (χ0n) is 10.8. The molecule has 1 aromatic heterocycles. The van der Waals surface area contributed by atoms with Crippen molar-refractivity contribution in [1.29, 1.82) is 0 Å². The van der Waals surface area contributed by atoms with E-state index in [1.54, 1.807) is 12.3 Å². The lowest BCUT2D eigenvalue weighted by Gasteiger charge is -2.07. The second-order valence-electron chi connectivity index (χ2n) is 4.04. The molecule has 0 bridgehead atoms. The molecule has 1 aromatic carbocycles. The number of carbonyl (C=O) groups is 1. The van der Waals surface area contributed by atoms with Gasteiger partial charge in [0, 0.05) is 5.69 Å². The van der Waals surface area contributed by atoms with Crippen molar-refractivity contribution in [2.24, 2.45) is 0 Å². The molecule has 0 spiro atoms. The van der Waals surface area contributed by atoms with Crippen molar-refractivity contribution in [3.8, 4) is 0 Å². The van der Waals surface area contributed by atoms with Gasteiger partial charge in [-0.2, -0.15) is 0 Å². The number of aryl methyl sites for hydroxylation is 1. The van der Waals surface area contributed by atoms with Crippen molar-refractivity contribution >= 4 is 23.3 Å². The molecule has 1 heterocycles. The van der Waals surface area contributed by atoms with E-state index < -0.39 is 6.09 Å². The number of pyridine rings is 1. The maximum atomic E-state index is 11.0. The summed E-state index contributed by atoms with van der Waals surface area (Å²) in [5, 5.41) is 5.71. The standard InChI is InChI=1S/C14H15N3O2/c1-10-3-5-11(6-4-10)16-12-7-8-13(15-9-12)17-14(18)19-2/h3-9,16H,1-2H3,(H,15,17,18). The number of methoxy groups -OCH3 is 1. The average Bonchev–Trinajstić information content (AvgIpc) is 2.43. The average molecular weight is 257 g/mol. The number of ether oxygens (including phenoxy) is 1. The Hall–Kier alpha value is -2.56. The van der Waals surface area contributed by atoms with E-state index in [0.717, 1.165) is 11.4 Å². The summed E-state index contributed by atoms with van der Waals surface area (Å²) in [4.78, 5) is 15.1. The van der Waals surface area contributed by atoms with E-state index in [-0.39, 0.29) is 0 Å². The van der Waals surface area contributed by atoms with Crippen LogP contribution in [0.3, 0.4) is 0 Å². The van der Waals surface area contributed by atoms with Crippen LogP contribution in [0.1, 0.15) is 5.56 Å². The Morgan fingerprint density at radius 2 is 1.79 bits per heavy atom. The first-order valence-corrected chi connectivity index (χ1v) is 5.82. The normalized spacial score (nSPS) is 9.79. The number of rotatable bonds is 3. The highest BCUT2D eigenvalue weighted by molar-refractivity contribution is 5.83. The molecule has 1 amide bonds. The van der Waals surface area contributed by atoms with Gasteiger partial charge in [-0.3, -0.25) is 5.32 Å². The summed E-state index contributed by atoms with van der Waals surface area (Å²) in [6.07, 6.45) is 1.11. The lowest BCUT2D eigenvalue weighted by molar-refractivity contribution is 0.187. The van der Waals surface area contributed by atoms with Crippen LogP contribution in [0.5, 0.6) is 0 Å². The molecule has 2 aromatic rings. The van der Waals surface area contributed by atoms with Crippen LogP contribution in [0, 0.1) is 6.92 Å². The number of aromatic nitrogens is 1. The van der Waals surface area contributed by atoms with Gasteiger partial charge in [0.05, 0.1) is 19.0 Å². The van der Waals surface area contributed by atoms with Crippen LogP contribution >= 0.6 is 0 Å². The van der Waals surface area contributed by atoms with E-state index in [2.05, 4.69) is 20.4 Å². The molecule has 2 N–H and O–H groups in total. The molecule has 0 atom stereocenters. The van der Waals surface area contributed by atoms with Crippen LogP contribution in [0.2, 0.25) is 0 Å². The summed E-state index contributed by atoms with van der Waals surface area (Å²) in [6, 6.07) is 11.6. The first kappa shape index (κ1) is 12.9. The smallest absolute Gasteiger partial charge is 0.412 e. The van der Waals surface area contributed by atoms with Gasteiger partial charge in [-0.15, -0.1) is 0 Å². The van der Waals surface area contributed by atoms with Gasteiger partial charge in [-0.25, -0.2) is 9.78 Å². The Morgan fingerprint density at radius 1 is 1.11 bits per heavy atom. The Balaban J connectivity index is 2.02. The van der Waals surface area contributed by atoms with Gasteiger partial charge >= 0.3 is 6.09 Å². The van der Waals surface area contributed by atoms with Gasteiger partial charge in [-0.05, 0) is 31.2 Å². The third-order valence-electron chi connectivity index (χ3n) is 2.52. The highest BCUT2D eigenvalue weighted by atomic mass is 16.5. The molecule has 0 aliphatic rings. The molecule has 19 heavy (non-hydrogen) atoms. The largest absolute Gasteiger partial charge is 0.453 e.